The number of aryl methyl sites for hydroxylation is 1. The number of rotatable bonds is 4. The van der Waals surface area contributed by atoms with Crippen LogP contribution < -0.4 is 4.74 Å². The normalized spacial score (nSPS) is 10.6. The molecule has 0 bridgehead atoms. The second kappa shape index (κ2) is 4.13. The summed E-state index contributed by atoms with van der Waals surface area (Å²) in [6.07, 6.45) is 0. The fourth-order valence-electron chi connectivity index (χ4n) is 0.964. The van der Waals surface area contributed by atoms with Gasteiger partial charge in [0.15, 0.2) is 0 Å². The Labute approximate surface area is 82.3 Å². The van der Waals surface area contributed by atoms with Crippen LogP contribution in [0.25, 0.3) is 0 Å². The van der Waals surface area contributed by atoms with Crippen LogP contribution >= 0.6 is 0 Å². The summed E-state index contributed by atoms with van der Waals surface area (Å²) < 4.78 is 6.57. The Hall–Kier alpha value is -1.52. The molecule has 78 valence electrons. The summed E-state index contributed by atoms with van der Waals surface area (Å²) in [5, 5.41) is 12.7. The summed E-state index contributed by atoms with van der Waals surface area (Å²) in [5.74, 6) is -0.247. The van der Waals surface area contributed by atoms with Crippen LogP contribution in [-0.4, -0.2) is 27.5 Å². The van der Waals surface area contributed by atoms with Gasteiger partial charge in [-0.15, -0.1) is 5.10 Å². The predicted molar refractivity (Wildman–Crippen MR) is 50.5 cm³/mol. The van der Waals surface area contributed by atoms with E-state index in [-0.39, 0.29) is 5.69 Å². The molecule has 0 aliphatic heterocycles. The lowest BCUT2D eigenvalue weighted by Crippen LogP contribution is -2.05. The number of hydrogen-bond acceptors (Lipinski definition) is 3. The zero-order chi connectivity index (χ0) is 10.7. The number of aromatic carboxylic acids is 1. The second-order valence-corrected chi connectivity index (χ2v) is 3.50. The summed E-state index contributed by atoms with van der Waals surface area (Å²) in [7, 11) is 1.58. The number of aromatic nitrogens is 2. The number of hydrogen-bond donors (Lipinski definition) is 1. The van der Waals surface area contributed by atoms with Crippen molar-refractivity contribution in [1.29, 1.82) is 0 Å². The highest BCUT2D eigenvalue weighted by molar-refractivity contribution is 5.85. The van der Waals surface area contributed by atoms with Crippen LogP contribution in [-0.2, 0) is 7.05 Å². The van der Waals surface area contributed by atoms with Crippen molar-refractivity contribution in [2.24, 2.45) is 13.0 Å². The molecule has 0 spiro atoms. The van der Waals surface area contributed by atoms with Crippen LogP contribution in [0.15, 0.2) is 6.07 Å². The van der Waals surface area contributed by atoms with Gasteiger partial charge in [-0.2, -0.15) is 0 Å². The third kappa shape index (κ3) is 2.48. The monoisotopic (exact) mass is 198 g/mol. The lowest BCUT2D eigenvalue weighted by Gasteiger charge is -2.04. The minimum atomic E-state index is -1.00. The minimum Gasteiger partial charge on any atom is -0.477 e. The summed E-state index contributed by atoms with van der Waals surface area (Å²) in [6, 6.07) is 1.42. The number of carbonyl (C=O) groups is 1. The van der Waals surface area contributed by atoms with Crippen molar-refractivity contribution in [2.45, 2.75) is 13.8 Å². The fraction of sp³-hybridized carbons (Fsp3) is 0.556. The van der Waals surface area contributed by atoms with E-state index in [2.05, 4.69) is 5.10 Å². The van der Waals surface area contributed by atoms with Crippen molar-refractivity contribution < 1.29 is 14.6 Å². The Kier molecular flexibility index (Phi) is 3.11. The van der Waals surface area contributed by atoms with Gasteiger partial charge < -0.3 is 9.84 Å². The Morgan fingerprint density at radius 1 is 1.71 bits per heavy atom. The second-order valence-electron chi connectivity index (χ2n) is 3.50. The van der Waals surface area contributed by atoms with E-state index in [0.29, 0.717) is 18.4 Å². The molecule has 1 aromatic heterocycles. The van der Waals surface area contributed by atoms with Crippen molar-refractivity contribution in [3.63, 3.8) is 0 Å². The van der Waals surface area contributed by atoms with E-state index in [1.165, 1.54) is 10.7 Å². The zero-order valence-electron chi connectivity index (χ0n) is 8.52. The molecule has 0 aromatic carbocycles. The van der Waals surface area contributed by atoms with Gasteiger partial charge in [0, 0.05) is 13.1 Å². The molecule has 0 atom stereocenters. The molecule has 0 amide bonds. The van der Waals surface area contributed by atoms with Gasteiger partial charge >= 0.3 is 5.97 Å². The lowest BCUT2D eigenvalue weighted by molar-refractivity contribution is 0.0685. The van der Waals surface area contributed by atoms with Gasteiger partial charge in [-0.3, -0.25) is 4.68 Å². The van der Waals surface area contributed by atoms with Crippen molar-refractivity contribution >= 4 is 5.97 Å². The molecule has 5 heteroatoms. The van der Waals surface area contributed by atoms with E-state index in [9.17, 15) is 4.79 Å². The summed E-state index contributed by atoms with van der Waals surface area (Å²) in [5.41, 5.74) is 0.128. The lowest BCUT2D eigenvalue weighted by atomic mass is 10.2. The Morgan fingerprint density at radius 3 is 2.79 bits per heavy atom. The smallest absolute Gasteiger partial charge is 0.354 e. The van der Waals surface area contributed by atoms with Gasteiger partial charge in [0.25, 0.3) is 0 Å². The number of carboxylic acid groups (broad SMARTS) is 1. The van der Waals surface area contributed by atoms with Gasteiger partial charge in [0.05, 0.1) is 6.61 Å². The molecule has 0 aliphatic rings. The molecule has 1 rings (SSSR count). The molecule has 1 heterocycles. The minimum absolute atomic E-state index is 0.128. The molecule has 5 nitrogen and oxygen atoms in total. The largest absolute Gasteiger partial charge is 0.477 e. The first-order valence-electron chi connectivity index (χ1n) is 4.41. The van der Waals surface area contributed by atoms with Crippen LogP contribution in [0.4, 0.5) is 0 Å². The highest BCUT2D eigenvalue weighted by Crippen LogP contribution is 2.11. The van der Waals surface area contributed by atoms with Crippen LogP contribution in [0.5, 0.6) is 5.88 Å². The fourth-order valence-corrected chi connectivity index (χ4v) is 0.964. The first kappa shape index (κ1) is 10.6. The topological polar surface area (TPSA) is 64.3 Å². The van der Waals surface area contributed by atoms with E-state index < -0.39 is 5.97 Å². The maximum absolute atomic E-state index is 10.7. The quantitative estimate of drug-likeness (QED) is 0.788. The van der Waals surface area contributed by atoms with E-state index in [1.807, 2.05) is 13.8 Å². The van der Waals surface area contributed by atoms with Crippen molar-refractivity contribution in [1.82, 2.24) is 9.78 Å². The first-order chi connectivity index (χ1) is 6.50. The summed E-state index contributed by atoms with van der Waals surface area (Å²) in [6.45, 7) is 4.57. The number of ether oxygens (including phenoxy) is 1. The molecular weight excluding hydrogens is 184 g/mol. The summed E-state index contributed by atoms with van der Waals surface area (Å²) >= 11 is 0. The van der Waals surface area contributed by atoms with Crippen LogP contribution in [0.1, 0.15) is 24.3 Å². The standard InChI is InChI=1S/C9H14N2O3/c1-6(2)5-14-8-4-7(9(12)13)11(3)10-8/h4,6H,5H2,1-3H3,(H,12,13). The molecule has 1 aromatic rings. The van der Waals surface area contributed by atoms with Crippen molar-refractivity contribution in [3.8, 4) is 5.88 Å². The summed E-state index contributed by atoms with van der Waals surface area (Å²) in [4.78, 5) is 10.7. The molecule has 0 radical (unpaired) electrons. The van der Waals surface area contributed by atoms with Crippen molar-refractivity contribution in [2.75, 3.05) is 6.61 Å². The maximum atomic E-state index is 10.7. The van der Waals surface area contributed by atoms with E-state index in [1.54, 1.807) is 7.05 Å². The van der Waals surface area contributed by atoms with Gasteiger partial charge in [0.2, 0.25) is 5.88 Å². The highest BCUT2D eigenvalue weighted by atomic mass is 16.5. The van der Waals surface area contributed by atoms with Gasteiger partial charge in [-0.25, -0.2) is 4.79 Å². The molecule has 1 N–H and O–H groups in total. The number of nitrogens with zero attached hydrogens (tertiary/aromatic N) is 2. The zero-order valence-corrected chi connectivity index (χ0v) is 8.52. The third-order valence-electron chi connectivity index (χ3n) is 1.64. The van der Waals surface area contributed by atoms with Gasteiger partial charge in [0.1, 0.15) is 5.69 Å². The SMILES string of the molecule is CC(C)COc1cc(C(=O)O)n(C)n1. The van der Waals surface area contributed by atoms with Gasteiger partial charge in [-0.05, 0) is 5.92 Å². The Balaban J connectivity index is 2.71. The number of carboxylic acids is 1. The Morgan fingerprint density at radius 2 is 2.36 bits per heavy atom. The average molecular weight is 198 g/mol. The van der Waals surface area contributed by atoms with E-state index >= 15 is 0 Å². The maximum Gasteiger partial charge on any atom is 0.354 e. The first-order valence-corrected chi connectivity index (χ1v) is 4.41. The average Bonchev–Trinajstić information content (AvgIpc) is 2.43. The predicted octanol–water partition coefficient (Wildman–Crippen LogP) is 1.15. The molecule has 14 heavy (non-hydrogen) atoms. The third-order valence-corrected chi connectivity index (χ3v) is 1.64. The van der Waals surface area contributed by atoms with Crippen LogP contribution in [0.3, 0.4) is 0 Å². The molecular formula is C9H14N2O3. The van der Waals surface area contributed by atoms with Gasteiger partial charge in [-0.1, -0.05) is 13.8 Å². The van der Waals surface area contributed by atoms with Crippen LogP contribution in [0.2, 0.25) is 0 Å². The van der Waals surface area contributed by atoms with Crippen molar-refractivity contribution in [3.05, 3.63) is 11.8 Å². The Bertz CT molecular complexity index is 331. The van der Waals surface area contributed by atoms with E-state index in [0.717, 1.165) is 0 Å². The molecule has 0 fully saturated rings. The highest BCUT2D eigenvalue weighted by Gasteiger charge is 2.12. The molecule has 0 aliphatic carbocycles. The van der Waals surface area contributed by atoms with Crippen LogP contribution in [0, 0.1) is 5.92 Å². The molecule has 0 saturated heterocycles. The molecule has 0 saturated carbocycles. The van der Waals surface area contributed by atoms with E-state index in [4.69, 9.17) is 9.84 Å². The molecule has 0 unspecified atom stereocenters.